The van der Waals surface area contributed by atoms with E-state index in [0.29, 0.717) is 28.8 Å². The Kier molecular flexibility index (Phi) is 5.48. The number of para-hydroxylation sites is 1. The second kappa shape index (κ2) is 7.14. The Morgan fingerprint density at radius 2 is 1.90 bits per heavy atom. The first-order valence-electron chi connectivity index (χ1n) is 6.62. The van der Waals surface area contributed by atoms with Crippen LogP contribution in [0.4, 0.5) is 5.69 Å². The highest BCUT2D eigenvalue weighted by molar-refractivity contribution is 6.35. The molecule has 0 aromatic heterocycles. The summed E-state index contributed by atoms with van der Waals surface area (Å²) in [5, 5.41) is 11.5. The summed E-state index contributed by atoms with van der Waals surface area (Å²) in [4.78, 5) is 1.99. The molecule has 3 N–H and O–H groups in total. The van der Waals surface area contributed by atoms with E-state index in [-0.39, 0.29) is 0 Å². The molecule has 0 bridgehead atoms. The number of aliphatic hydroxyl groups is 1. The van der Waals surface area contributed by atoms with Crippen LogP contribution < -0.4 is 5.73 Å². The molecular weight excluding hydrogens is 307 g/mol. The van der Waals surface area contributed by atoms with Crippen LogP contribution in [-0.4, -0.2) is 23.6 Å². The van der Waals surface area contributed by atoms with E-state index in [1.54, 1.807) is 12.1 Å². The highest BCUT2D eigenvalue weighted by Crippen LogP contribution is 2.24. The first-order chi connectivity index (χ1) is 9.97. The third kappa shape index (κ3) is 4.35. The minimum atomic E-state index is -0.637. The number of anilines is 1. The highest BCUT2D eigenvalue weighted by Gasteiger charge is 2.14. The zero-order valence-corrected chi connectivity index (χ0v) is 13.3. The van der Waals surface area contributed by atoms with E-state index in [9.17, 15) is 5.11 Å². The van der Waals surface area contributed by atoms with Crippen molar-refractivity contribution in [1.82, 2.24) is 4.90 Å². The summed E-state index contributed by atoms with van der Waals surface area (Å²) in [7, 11) is 1.92. The molecule has 112 valence electrons. The van der Waals surface area contributed by atoms with Gasteiger partial charge in [-0.25, -0.2) is 0 Å². The van der Waals surface area contributed by atoms with Crippen LogP contribution >= 0.6 is 23.2 Å². The second-order valence-electron chi connectivity index (χ2n) is 5.08. The third-order valence-corrected chi connectivity index (χ3v) is 3.88. The molecule has 2 rings (SSSR count). The van der Waals surface area contributed by atoms with Crippen molar-refractivity contribution < 1.29 is 5.11 Å². The lowest BCUT2D eigenvalue weighted by atomic mass is 10.1. The van der Waals surface area contributed by atoms with Crippen LogP contribution in [-0.2, 0) is 6.54 Å². The standard InChI is InChI=1S/C16H18Cl2N2O/c1-20(9-11-6-7-12(17)8-14(11)18)10-16(21)13-4-2-3-5-15(13)19/h2-8,16,21H,9-10,19H2,1H3. The fourth-order valence-corrected chi connectivity index (χ4v) is 2.68. The molecule has 0 amide bonds. The fourth-order valence-electron chi connectivity index (χ4n) is 2.21. The molecule has 0 aliphatic carbocycles. The van der Waals surface area contributed by atoms with E-state index >= 15 is 0 Å². The molecule has 0 fully saturated rings. The van der Waals surface area contributed by atoms with Crippen molar-refractivity contribution in [2.45, 2.75) is 12.6 Å². The molecule has 2 aromatic carbocycles. The van der Waals surface area contributed by atoms with E-state index < -0.39 is 6.10 Å². The first-order valence-corrected chi connectivity index (χ1v) is 7.38. The van der Waals surface area contributed by atoms with Crippen LogP contribution in [0.2, 0.25) is 10.0 Å². The molecule has 0 saturated heterocycles. The number of hydrogen-bond donors (Lipinski definition) is 2. The van der Waals surface area contributed by atoms with E-state index in [2.05, 4.69) is 0 Å². The summed E-state index contributed by atoms with van der Waals surface area (Å²) >= 11 is 12.0. The molecule has 0 saturated carbocycles. The average Bonchev–Trinajstić information content (AvgIpc) is 2.42. The van der Waals surface area contributed by atoms with Gasteiger partial charge in [-0.2, -0.15) is 0 Å². The SMILES string of the molecule is CN(Cc1ccc(Cl)cc1Cl)CC(O)c1ccccc1N. The molecule has 3 nitrogen and oxygen atoms in total. The summed E-state index contributed by atoms with van der Waals surface area (Å²) in [6.07, 6.45) is -0.637. The number of nitrogens with zero attached hydrogens (tertiary/aromatic N) is 1. The summed E-state index contributed by atoms with van der Waals surface area (Å²) in [6, 6.07) is 12.8. The van der Waals surface area contributed by atoms with Gasteiger partial charge >= 0.3 is 0 Å². The minimum Gasteiger partial charge on any atom is -0.398 e. The van der Waals surface area contributed by atoms with Crippen molar-refractivity contribution in [2.24, 2.45) is 0 Å². The third-order valence-electron chi connectivity index (χ3n) is 3.29. The van der Waals surface area contributed by atoms with Crippen molar-refractivity contribution >= 4 is 28.9 Å². The van der Waals surface area contributed by atoms with Crippen LogP contribution in [0.25, 0.3) is 0 Å². The zero-order valence-electron chi connectivity index (χ0n) is 11.8. The Morgan fingerprint density at radius 1 is 1.19 bits per heavy atom. The van der Waals surface area contributed by atoms with Gasteiger partial charge < -0.3 is 10.8 Å². The lowest BCUT2D eigenvalue weighted by Crippen LogP contribution is -2.24. The molecule has 0 aliphatic rings. The summed E-state index contributed by atoms with van der Waals surface area (Å²) in [6.45, 7) is 1.09. The normalized spacial score (nSPS) is 12.6. The number of nitrogen functional groups attached to an aromatic ring is 1. The van der Waals surface area contributed by atoms with Crippen LogP contribution in [0, 0.1) is 0 Å². The van der Waals surface area contributed by atoms with E-state index in [1.807, 2.05) is 42.3 Å². The van der Waals surface area contributed by atoms with E-state index in [0.717, 1.165) is 11.1 Å². The molecule has 0 aliphatic heterocycles. The van der Waals surface area contributed by atoms with Crippen molar-refractivity contribution in [3.05, 3.63) is 63.6 Å². The van der Waals surface area contributed by atoms with Gasteiger partial charge in [-0.1, -0.05) is 47.5 Å². The van der Waals surface area contributed by atoms with E-state index in [4.69, 9.17) is 28.9 Å². The Morgan fingerprint density at radius 3 is 2.57 bits per heavy atom. The molecule has 1 atom stereocenters. The smallest absolute Gasteiger partial charge is 0.0936 e. The Bertz CT molecular complexity index is 619. The number of aliphatic hydroxyl groups excluding tert-OH is 1. The Balaban J connectivity index is 2.01. The van der Waals surface area contributed by atoms with Gasteiger partial charge in [0.05, 0.1) is 6.10 Å². The van der Waals surface area contributed by atoms with Crippen molar-refractivity contribution in [1.29, 1.82) is 0 Å². The molecule has 0 radical (unpaired) electrons. The highest BCUT2D eigenvalue weighted by atomic mass is 35.5. The van der Waals surface area contributed by atoms with Crippen LogP contribution in [0.3, 0.4) is 0 Å². The quantitative estimate of drug-likeness (QED) is 0.824. The Hall–Kier alpha value is -1.26. The van der Waals surface area contributed by atoms with Gasteiger partial charge in [0.1, 0.15) is 0 Å². The average molecular weight is 325 g/mol. The molecular formula is C16H18Cl2N2O. The van der Waals surface area contributed by atoms with Crippen LogP contribution in [0.1, 0.15) is 17.2 Å². The lowest BCUT2D eigenvalue weighted by Gasteiger charge is -2.22. The van der Waals surface area contributed by atoms with Crippen molar-refractivity contribution in [3.63, 3.8) is 0 Å². The van der Waals surface area contributed by atoms with Gasteiger partial charge in [0.25, 0.3) is 0 Å². The number of likely N-dealkylation sites (N-methyl/N-ethyl adjacent to an activating group) is 1. The molecule has 0 spiro atoms. The predicted octanol–water partition coefficient (Wildman–Crippen LogP) is 3.74. The van der Waals surface area contributed by atoms with Gasteiger partial charge in [-0.3, -0.25) is 4.90 Å². The summed E-state index contributed by atoms with van der Waals surface area (Å²) < 4.78 is 0. The van der Waals surface area contributed by atoms with E-state index in [1.165, 1.54) is 0 Å². The molecule has 5 heteroatoms. The lowest BCUT2D eigenvalue weighted by molar-refractivity contribution is 0.124. The van der Waals surface area contributed by atoms with Crippen LogP contribution in [0.15, 0.2) is 42.5 Å². The number of rotatable bonds is 5. The molecule has 21 heavy (non-hydrogen) atoms. The number of hydrogen-bond acceptors (Lipinski definition) is 3. The van der Waals surface area contributed by atoms with Gasteiger partial charge in [0.2, 0.25) is 0 Å². The fraction of sp³-hybridized carbons (Fsp3) is 0.250. The second-order valence-corrected chi connectivity index (χ2v) is 5.92. The largest absolute Gasteiger partial charge is 0.398 e. The molecule has 1 unspecified atom stereocenters. The first kappa shape index (κ1) is 16.1. The van der Waals surface area contributed by atoms with Crippen molar-refractivity contribution in [3.8, 4) is 0 Å². The van der Waals surface area contributed by atoms with Crippen molar-refractivity contribution in [2.75, 3.05) is 19.3 Å². The molecule has 0 heterocycles. The number of benzene rings is 2. The molecule has 2 aromatic rings. The van der Waals surface area contributed by atoms with Gasteiger partial charge in [-0.05, 0) is 30.8 Å². The maximum atomic E-state index is 10.3. The maximum Gasteiger partial charge on any atom is 0.0936 e. The predicted molar refractivity (Wildman–Crippen MR) is 88.6 cm³/mol. The minimum absolute atomic E-state index is 0.465. The summed E-state index contributed by atoms with van der Waals surface area (Å²) in [5.74, 6) is 0. The zero-order chi connectivity index (χ0) is 15.4. The summed E-state index contributed by atoms with van der Waals surface area (Å²) in [5.41, 5.74) is 8.19. The maximum absolute atomic E-state index is 10.3. The monoisotopic (exact) mass is 324 g/mol. The van der Waals surface area contributed by atoms with Gasteiger partial charge in [0.15, 0.2) is 0 Å². The Labute approximate surface area is 134 Å². The van der Waals surface area contributed by atoms with Gasteiger partial charge in [-0.15, -0.1) is 0 Å². The van der Waals surface area contributed by atoms with Crippen LogP contribution in [0.5, 0.6) is 0 Å². The van der Waals surface area contributed by atoms with Gasteiger partial charge in [0, 0.05) is 34.4 Å². The topological polar surface area (TPSA) is 49.5 Å². The number of halogens is 2. The number of nitrogens with two attached hydrogens (primary N) is 1.